The lowest BCUT2D eigenvalue weighted by molar-refractivity contribution is -0.165. The highest BCUT2D eigenvalue weighted by molar-refractivity contribution is 5.99. The number of hydrogen-bond donors (Lipinski definition) is 0. The highest BCUT2D eigenvalue weighted by Crippen LogP contribution is 2.40. The van der Waals surface area contributed by atoms with Crippen molar-refractivity contribution < 1.29 is 18.0 Å². The minimum absolute atomic E-state index is 0.594. The van der Waals surface area contributed by atoms with Crippen molar-refractivity contribution in [3.05, 3.63) is 84.2 Å². The van der Waals surface area contributed by atoms with Crippen molar-refractivity contribution in [2.75, 3.05) is 0 Å². The van der Waals surface area contributed by atoms with Crippen LogP contribution in [0.1, 0.15) is 24.1 Å². The first-order chi connectivity index (χ1) is 15.4. The van der Waals surface area contributed by atoms with Crippen LogP contribution in [0.5, 0.6) is 0 Å². The van der Waals surface area contributed by atoms with Gasteiger partial charge in [0.15, 0.2) is 0 Å². The molecule has 162 valence electrons. The zero-order valence-electron chi connectivity index (χ0n) is 17.3. The molecule has 0 amide bonds. The predicted octanol–water partition coefficient (Wildman–Crippen LogP) is 6.56. The number of imidazole rings is 1. The fourth-order valence-electron chi connectivity index (χ4n) is 4.59. The quantitative estimate of drug-likeness (QED) is 0.334. The summed E-state index contributed by atoms with van der Waals surface area (Å²) in [5.74, 6) is -1.86. The Hall–Kier alpha value is -3.54. The maximum absolute atomic E-state index is 12.9. The van der Waals surface area contributed by atoms with Crippen LogP contribution in [0.25, 0.3) is 34.1 Å². The fourth-order valence-corrected chi connectivity index (χ4v) is 4.59. The zero-order valence-corrected chi connectivity index (χ0v) is 17.3. The topological polar surface area (TPSA) is 26.4 Å². The van der Waals surface area contributed by atoms with E-state index in [1.807, 2.05) is 71.3 Å². The number of aromatic nitrogens is 2. The van der Waals surface area contributed by atoms with Crippen molar-refractivity contribution in [2.45, 2.75) is 32.0 Å². The second kappa shape index (κ2) is 7.86. The number of carbonyl (C=O) groups excluding carboxylic acids is 1. The highest BCUT2D eigenvalue weighted by Gasteiger charge is 2.36. The number of alkyl halides is 3. The van der Waals surface area contributed by atoms with E-state index in [0.717, 1.165) is 59.4 Å². The van der Waals surface area contributed by atoms with Gasteiger partial charge in [-0.25, -0.2) is 0 Å². The largest absolute Gasteiger partial charge is 0.454 e. The van der Waals surface area contributed by atoms with Gasteiger partial charge in [-0.3, -0.25) is 4.79 Å². The van der Waals surface area contributed by atoms with E-state index in [9.17, 15) is 18.0 Å². The van der Waals surface area contributed by atoms with Crippen LogP contribution in [0.3, 0.4) is 0 Å². The highest BCUT2D eigenvalue weighted by atomic mass is 19.4. The van der Waals surface area contributed by atoms with Gasteiger partial charge in [-0.2, -0.15) is 13.2 Å². The molecule has 1 aliphatic rings. The minimum Gasteiger partial charge on any atom is -0.325 e. The molecule has 0 saturated carbocycles. The summed E-state index contributed by atoms with van der Waals surface area (Å²) in [6.45, 7) is 0.830. The molecule has 4 aromatic rings. The second-order valence-electron chi connectivity index (χ2n) is 7.98. The molecule has 32 heavy (non-hydrogen) atoms. The molecule has 2 aromatic carbocycles. The molecule has 0 spiro atoms. The van der Waals surface area contributed by atoms with Gasteiger partial charge < -0.3 is 8.97 Å². The van der Waals surface area contributed by atoms with Gasteiger partial charge in [0.2, 0.25) is 0 Å². The smallest absolute Gasteiger partial charge is 0.325 e. The summed E-state index contributed by atoms with van der Waals surface area (Å²) < 4.78 is 42.9. The Labute approximate surface area is 183 Å². The van der Waals surface area contributed by atoms with E-state index in [1.54, 1.807) is 0 Å². The summed E-state index contributed by atoms with van der Waals surface area (Å²) in [5.41, 5.74) is 6.57. The summed E-state index contributed by atoms with van der Waals surface area (Å²) in [4.78, 5) is 11.6. The molecule has 0 N–H and O–H groups in total. The monoisotopic (exact) mass is 434 g/mol. The van der Waals surface area contributed by atoms with Crippen molar-refractivity contribution in [3.63, 3.8) is 0 Å². The SMILES string of the molecule is O=C(C=Cc1c(-c2ccccc2)c2c3n(c(-c4ccccc4)cn13)CCCC2)C(F)(F)F. The van der Waals surface area contributed by atoms with Gasteiger partial charge in [-0.15, -0.1) is 0 Å². The molecule has 2 aromatic heterocycles. The Kier molecular flexibility index (Phi) is 5.00. The van der Waals surface area contributed by atoms with Crippen molar-refractivity contribution in [2.24, 2.45) is 0 Å². The van der Waals surface area contributed by atoms with E-state index in [4.69, 9.17) is 0 Å². The molecule has 0 fully saturated rings. The van der Waals surface area contributed by atoms with Crippen LogP contribution in [0.2, 0.25) is 0 Å². The van der Waals surface area contributed by atoms with Gasteiger partial charge in [0.25, 0.3) is 5.78 Å². The molecule has 3 nitrogen and oxygen atoms in total. The number of hydrogen-bond acceptors (Lipinski definition) is 1. The number of allylic oxidation sites excluding steroid dienone is 1. The minimum atomic E-state index is -4.89. The van der Waals surface area contributed by atoms with E-state index in [0.29, 0.717) is 11.8 Å². The summed E-state index contributed by atoms with van der Waals surface area (Å²) in [6.07, 6.45) is 1.87. The van der Waals surface area contributed by atoms with Crippen molar-refractivity contribution >= 4 is 17.5 Å². The first-order valence-corrected chi connectivity index (χ1v) is 10.6. The summed E-state index contributed by atoms with van der Waals surface area (Å²) in [6, 6.07) is 19.6. The zero-order chi connectivity index (χ0) is 22.3. The molecule has 6 heteroatoms. The van der Waals surface area contributed by atoms with Crippen LogP contribution in [-0.4, -0.2) is 20.9 Å². The van der Waals surface area contributed by atoms with Crippen LogP contribution in [0, 0.1) is 0 Å². The Morgan fingerprint density at radius 1 is 0.906 bits per heavy atom. The lowest BCUT2D eigenvalue weighted by Crippen LogP contribution is -2.19. The Balaban J connectivity index is 1.80. The number of benzene rings is 2. The molecular weight excluding hydrogens is 413 g/mol. The third kappa shape index (κ3) is 3.45. The van der Waals surface area contributed by atoms with Gasteiger partial charge in [0, 0.05) is 23.9 Å². The number of aryl methyl sites for hydroxylation is 2. The van der Waals surface area contributed by atoms with Gasteiger partial charge >= 0.3 is 6.18 Å². The Morgan fingerprint density at radius 3 is 2.22 bits per heavy atom. The number of ketones is 1. The molecule has 0 radical (unpaired) electrons. The van der Waals surface area contributed by atoms with Crippen LogP contribution in [0.4, 0.5) is 13.2 Å². The molecular formula is C26H21F3N2O. The summed E-state index contributed by atoms with van der Waals surface area (Å²) in [5, 5.41) is 0. The molecule has 3 heterocycles. The summed E-state index contributed by atoms with van der Waals surface area (Å²) in [7, 11) is 0. The first-order valence-electron chi connectivity index (χ1n) is 10.6. The average Bonchev–Trinajstić information content (AvgIpc) is 3.21. The van der Waals surface area contributed by atoms with Gasteiger partial charge in [-0.1, -0.05) is 60.7 Å². The number of nitrogens with zero attached hydrogens (tertiary/aromatic N) is 2. The Bertz CT molecular complexity index is 1310. The predicted molar refractivity (Wildman–Crippen MR) is 119 cm³/mol. The number of carbonyl (C=O) groups is 1. The maximum Gasteiger partial charge on any atom is 0.454 e. The van der Waals surface area contributed by atoms with E-state index in [1.165, 1.54) is 6.08 Å². The molecule has 0 unspecified atom stereocenters. The normalized spacial score (nSPS) is 14.2. The van der Waals surface area contributed by atoms with Gasteiger partial charge in [0.05, 0.1) is 11.4 Å². The second-order valence-corrected chi connectivity index (χ2v) is 7.98. The van der Waals surface area contributed by atoms with E-state index in [2.05, 4.69) is 4.57 Å². The molecule has 0 bridgehead atoms. The Morgan fingerprint density at radius 2 is 1.56 bits per heavy atom. The number of halogens is 3. The fraction of sp³-hybridized carbons (Fsp3) is 0.192. The van der Waals surface area contributed by atoms with Crippen LogP contribution < -0.4 is 0 Å². The van der Waals surface area contributed by atoms with Gasteiger partial charge in [0.1, 0.15) is 5.65 Å². The lowest BCUT2D eigenvalue weighted by atomic mass is 9.98. The molecule has 0 aliphatic carbocycles. The molecule has 0 saturated heterocycles. The van der Waals surface area contributed by atoms with Crippen molar-refractivity contribution in [3.8, 4) is 22.4 Å². The molecule has 1 aliphatic heterocycles. The van der Waals surface area contributed by atoms with E-state index in [-0.39, 0.29) is 0 Å². The lowest BCUT2D eigenvalue weighted by Gasteiger charge is -2.08. The van der Waals surface area contributed by atoms with Crippen LogP contribution >= 0.6 is 0 Å². The molecule has 0 atom stereocenters. The van der Waals surface area contributed by atoms with E-state index >= 15 is 0 Å². The first kappa shape index (κ1) is 20.4. The van der Waals surface area contributed by atoms with Crippen LogP contribution in [-0.2, 0) is 17.8 Å². The van der Waals surface area contributed by atoms with E-state index < -0.39 is 12.0 Å². The van der Waals surface area contributed by atoms with Gasteiger partial charge in [-0.05, 0) is 42.5 Å². The molecule has 5 rings (SSSR count). The standard InChI is InChI=1S/C26H21F3N2O/c27-26(28,29)23(32)15-14-21-24(19-11-5-2-6-12-19)20-13-7-8-16-30-22(17-31(21)25(20)30)18-9-3-1-4-10-18/h1-6,9-12,14-15,17H,7-8,13,16H2. The summed E-state index contributed by atoms with van der Waals surface area (Å²) >= 11 is 0. The van der Waals surface area contributed by atoms with Crippen molar-refractivity contribution in [1.29, 1.82) is 0 Å². The third-order valence-electron chi connectivity index (χ3n) is 5.98. The van der Waals surface area contributed by atoms with Crippen molar-refractivity contribution in [1.82, 2.24) is 8.97 Å². The number of rotatable bonds is 4. The average molecular weight is 434 g/mol. The third-order valence-corrected chi connectivity index (χ3v) is 5.98. The maximum atomic E-state index is 12.9. The van der Waals surface area contributed by atoms with Crippen LogP contribution in [0.15, 0.2) is 72.9 Å².